The fraction of sp³-hybridized carbons (Fsp3) is 0.526. The molecule has 0 saturated heterocycles. The van der Waals surface area contributed by atoms with Crippen molar-refractivity contribution in [1.29, 1.82) is 5.26 Å². The predicted molar refractivity (Wildman–Crippen MR) is 90.3 cm³/mol. The van der Waals surface area contributed by atoms with E-state index in [1.165, 1.54) is 6.92 Å². The van der Waals surface area contributed by atoms with Crippen LogP contribution in [0, 0.1) is 11.3 Å². The van der Waals surface area contributed by atoms with Gasteiger partial charge in [0.15, 0.2) is 6.10 Å². The van der Waals surface area contributed by atoms with Crippen LogP contribution in [-0.4, -0.2) is 23.5 Å². The minimum absolute atomic E-state index is 0.416. The molecule has 2 rings (SSSR count). The SMILES string of the molecule is CCc1ccc(C(=O)O[C@H](C)C(=O)NC2(C#N)CCCCC2)cc1. The van der Waals surface area contributed by atoms with Crippen molar-refractivity contribution in [3.63, 3.8) is 0 Å². The highest BCUT2D eigenvalue weighted by Gasteiger charge is 2.35. The second kappa shape index (κ2) is 7.96. The number of carbonyl (C=O) groups is 2. The summed E-state index contributed by atoms with van der Waals surface area (Å²) in [4.78, 5) is 24.4. The quantitative estimate of drug-likeness (QED) is 0.842. The maximum Gasteiger partial charge on any atom is 0.338 e. The molecule has 0 bridgehead atoms. The number of amides is 1. The van der Waals surface area contributed by atoms with Crippen molar-refractivity contribution < 1.29 is 14.3 Å². The monoisotopic (exact) mass is 328 g/mol. The van der Waals surface area contributed by atoms with Gasteiger partial charge in [-0.2, -0.15) is 5.26 Å². The van der Waals surface area contributed by atoms with Crippen LogP contribution in [0.15, 0.2) is 24.3 Å². The maximum absolute atomic E-state index is 12.3. The average molecular weight is 328 g/mol. The molecule has 0 aromatic heterocycles. The molecule has 0 spiro atoms. The van der Waals surface area contributed by atoms with Gasteiger partial charge < -0.3 is 10.1 Å². The fourth-order valence-electron chi connectivity index (χ4n) is 2.92. The van der Waals surface area contributed by atoms with E-state index in [0.29, 0.717) is 18.4 Å². The minimum Gasteiger partial charge on any atom is -0.449 e. The predicted octanol–water partition coefficient (Wildman–Crippen LogP) is 3.14. The smallest absolute Gasteiger partial charge is 0.338 e. The molecule has 1 aromatic rings. The van der Waals surface area contributed by atoms with Crippen LogP contribution in [0.25, 0.3) is 0 Å². The number of nitrogens with one attached hydrogen (secondary N) is 1. The standard InChI is InChI=1S/C19H24N2O3/c1-3-15-7-9-16(10-8-15)18(23)24-14(2)17(22)21-19(13-20)11-5-4-6-12-19/h7-10,14H,3-6,11-12H2,1-2H3,(H,21,22)/t14-/m1/s1. The number of nitrogens with zero attached hydrogens (tertiary/aromatic N) is 1. The van der Waals surface area contributed by atoms with Crippen molar-refractivity contribution >= 4 is 11.9 Å². The summed E-state index contributed by atoms with van der Waals surface area (Å²) in [5, 5.41) is 12.2. The molecule has 1 saturated carbocycles. The average Bonchev–Trinajstić information content (AvgIpc) is 2.62. The number of carbonyl (C=O) groups excluding carboxylic acids is 2. The molecule has 1 amide bonds. The second-order valence-corrected chi connectivity index (χ2v) is 6.34. The van der Waals surface area contributed by atoms with Gasteiger partial charge in [0.05, 0.1) is 11.6 Å². The molecule has 1 aromatic carbocycles. The number of benzene rings is 1. The van der Waals surface area contributed by atoms with Crippen LogP contribution >= 0.6 is 0 Å². The number of esters is 1. The Morgan fingerprint density at radius 1 is 1.25 bits per heavy atom. The number of hydrogen-bond acceptors (Lipinski definition) is 4. The molecular formula is C19H24N2O3. The van der Waals surface area contributed by atoms with E-state index in [-0.39, 0.29) is 0 Å². The molecule has 0 aliphatic heterocycles. The maximum atomic E-state index is 12.3. The highest BCUT2D eigenvalue weighted by molar-refractivity contribution is 5.92. The lowest BCUT2D eigenvalue weighted by Gasteiger charge is -2.32. The number of ether oxygens (including phenoxy) is 1. The summed E-state index contributed by atoms with van der Waals surface area (Å²) in [5.41, 5.74) is 0.726. The zero-order chi connectivity index (χ0) is 17.6. The Kier molecular flexibility index (Phi) is 5.97. The molecule has 1 atom stereocenters. The van der Waals surface area contributed by atoms with E-state index in [0.717, 1.165) is 31.2 Å². The van der Waals surface area contributed by atoms with Gasteiger partial charge in [0.1, 0.15) is 5.54 Å². The Bertz CT molecular complexity index is 625. The van der Waals surface area contributed by atoms with E-state index in [9.17, 15) is 14.9 Å². The molecule has 0 heterocycles. The first-order valence-corrected chi connectivity index (χ1v) is 8.53. The molecule has 5 nitrogen and oxygen atoms in total. The molecule has 1 fully saturated rings. The van der Waals surface area contributed by atoms with E-state index in [1.54, 1.807) is 12.1 Å². The first kappa shape index (κ1) is 18.0. The van der Waals surface area contributed by atoms with Gasteiger partial charge in [-0.05, 0) is 43.9 Å². The lowest BCUT2D eigenvalue weighted by atomic mass is 9.83. The van der Waals surface area contributed by atoms with Gasteiger partial charge in [-0.25, -0.2) is 4.79 Å². The summed E-state index contributed by atoms with van der Waals surface area (Å²) in [6, 6.07) is 9.36. The molecule has 5 heteroatoms. The first-order chi connectivity index (χ1) is 11.5. The van der Waals surface area contributed by atoms with Crippen LogP contribution in [0.1, 0.15) is 61.9 Å². The highest BCUT2D eigenvalue weighted by Crippen LogP contribution is 2.27. The van der Waals surface area contributed by atoms with Gasteiger partial charge in [0.25, 0.3) is 5.91 Å². The summed E-state index contributed by atoms with van der Waals surface area (Å²) < 4.78 is 5.24. The zero-order valence-electron chi connectivity index (χ0n) is 14.3. The van der Waals surface area contributed by atoms with E-state index in [4.69, 9.17) is 4.74 Å². The van der Waals surface area contributed by atoms with Gasteiger partial charge in [0, 0.05) is 0 Å². The molecule has 128 valence electrons. The van der Waals surface area contributed by atoms with E-state index in [1.807, 2.05) is 19.1 Å². The normalized spacial score (nSPS) is 17.4. The molecular weight excluding hydrogens is 304 g/mol. The number of hydrogen-bond donors (Lipinski definition) is 1. The van der Waals surface area contributed by atoms with Crippen molar-refractivity contribution in [2.75, 3.05) is 0 Å². The second-order valence-electron chi connectivity index (χ2n) is 6.34. The van der Waals surface area contributed by atoms with Gasteiger partial charge >= 0.3 is 5.97 Å². The highest BCUT2D eigenvalue weighted by atomic mass is 16.5. The summed E-state index contributed by atoms with van der Waals surface area (Å²) >= 11 is 0. The summed E-state index contributed by atoms with van der Waals surface area (Å²) in [7, 11) is 0. The number of aryl methyl sites for hydroxylation is 1. The molecule has 1 aliphatic rings. The number of nitriles is 1. The summed E-state index contributed by atoms with van der Waals surface area (Å²) in [5.74, 6) is -0.952. The Balaban J connectivity index is 1.95. The van der Waals surface area contributed by atoms with Crippen molar-refractivity contribution in [1.82, 2.24) is 5.32 Å². The summed E-state index contributed by atoms with van der Waals surface area (Å²) in [6.45, 7) is 3.57. The van der Waals surface area contributed by atoms with Gasteiger partial charge in [-0.1, -0.05) is 38.3 Å². The third-order valence-corrected chi connectivity index (χ3v) is 4.53. The molecule has 0 radical (unpaired) electrons. The largest absolute Gasteiger partial charge is 0.449 e. The Morgan fingerprint density at radius 3 is 2.42 bits per heavy atom. The lowest BCUT2D eigenvalue weighted by Crippen LogP contribution is -2.52. The van der Waals surface area contributed by atoms with Crippen molar-refractivity contribution in [3.05, 3.63) is 35.4 Å². The fourth-order valence-corrected chi connectivity index (χ4v) is 2.92. The molecule has 1 N–H and O–H groups in total. The lowest BCUT2D eigenvalue weighted by molar-refractivity contribution is -0.130. The zero-order valence-corrected chi connectivity index (χ0v) is 14.3. The van der Waals surface area contributed by atoms with Crippen LogP contribution < -0.4 is 5.32 Å². The van der Waals surface area contributed by atoms with Crippen molar-refractivity contribution in [2.24, 2.45) is 0 Å². The van der Waals surface area contributed by atoms with Crippen molar-refractivity contribution in [3.8, 4) is 6.07 Å². The van der Waals surface area contributed by atoms with Crippen LogP contribution in [0.3, 0.4) is 0 Å². The van der Waals surface area contributed by atoms with Crippen LogP contribution in [0.2, 0.25) is 0 Å². The topological polar surface area (TPSA) is 79.2 Å². The number of rotatable bonds is 5. The Morgan fingerprint density at radius 2 is 1.88 bits per heavy atom. The van der Waals surface area contributed by atoms with Gasteiger partial charge in [0.2, 0.25) is 0 Å². The van der Waals surface area contributed by atoms with Crippen LogP contribution in [-0.2, 0) is 16.0 Å². The summed E-state index contributed by atoms with van der Waals surface area (Å²) in [6.07, 6.45) is 4.18. The van der Waals surface area contributed by atoms with Gasteiger partial charge in [-0.15, -0.1) is 0 Å². The first-order valence-electron chi connectivity index (χ1n) is 8.53. The molecule has 1 aliphatic carbocycles. The van der Waals surface area contributed by atoms with Crippen molar-refractivity contribution in [2.45, 2.75) is 64.0 Å². The third kappa shape index (κ3) is 4.35. The Labute approximate surface area is 143 Å². The molecule has 0 unspecified atom stereocenters. The van der Waals surface area contributed by atoms with E-state index >= 15 is 0 Å². The minimum atomic E-state index is -0.935. The van der Waals surface area contributed by atoms with E-state index in [2.05, 4.69) is 11.4 Å². The molecule has 24 heavy (non-hydrogen) atoms. The Hall–Kier alpha value is -2.35. The van der Waals surface area contributed by atoms with Crippen LogP contribution in [0.4, 0.5) is 0 Å². The van der Waals surface area contributed by atoms with Crippen LogP contribution in [0.5, 0.6) is 0 Å². The van der Waals surface area contributed by atoms with Gasteiger partial charge in [-0.3, -0.25) is 4.79 Å². The van der Waals surface area contributed by atoms with E-state index < -0.39 is 23.5 Å². The third-order valence-electron chi connectivity index (χ3n) is 4.53.